The van der Waals surface area contributed by atoms with Crippen LogP contribution >= 0.6 is 0 Å². The SMILES string of the molecule is Cc1ccc(C2CCCN2S(=O)(=O)c2c(C)cc(C)cc2C)cc1. The molecule has 1 aliphatic heterocycles. The molecule has 0 aromatic heterocycles. The lowest BCUT2D eigenvalue weighted by Crippen LogP contribution is -2.31. The molecule has 0 saturated carbocycles. The largest absolute Gasteiger partial charge is 0.244 e. The Kier molecular flexibility index (Phi) is 4.54. The molecule has 1 atom stereocenters. The zero-order valence-corrected chi connectivity index (χ0v) is 15.7. The number of hydrogen-bond acceptors (Lipinski definition) is 2. The Morgan fingerprint density at radius 2 is 1.50 bits per heavy atom. The van der Waals surface area contributed by atoms with Crippen molar-refractivity contribution in [1.29, 1.82) is 0 Å². The van der Waals surface area contributed by atoms with E-state index < -0.39 is 10.0 Å². The van der Waals surface area contributed by atoms with E-state index in [9.17, 15) is 8.42 Å². The van der Waals surface area contributed by atoms with Gasteiger partial charge in [-0.25, -0.2) is 8.42 Å². The summed E-state index contributed by atoms with van der Waals surface area (Å²) >= 11 is 0. The van der Waals surface area contributed by atoms with E-state index in [4.69, 9.17) is 0 Å². The van der Waals surface area contributed by atoms with Gasteiger partial charge in [0.1, 0.15) is 0 Å². The summed E-state index contributed by atoms with van der Waals surface area (Å²) in [5.74, 6) is 0. The number of aryl methyl sites for hydroxylation is 4. The van der Waals surface area contributed by atoms with E-state index in [0.717, 1.165) is 35.1 Å². The molecule has 3 rings (SSSR count). The summed E-state index contributed by atoms with van der Waals surface area (Å²) < 4.78 is 28.4. The van der Waals surface area contributed by atoms with E-state index in [-0.39, 0.29) is 6.04 Å². The summed E-state index contributed by atoms with van der Waals surface area (Å²) in [6.07, 6.45) is 1.79. The molecule has 0 spiro atoms. The lowest BCUT2D eigenvalue weighted by molar-refractivity contribution is 0.396. The minimum atomic E-state index is -3.49. The summed E-state index contributed by atoms with van der Waals surface area (Å²) in [4.78, 5) is 0.479. The summed E-state index contributed by atoms with van der Waals surface area (Å²) in [5.41, 5.74) is 5.05. The van der Waals surface area contributed by atoms with Gasteiger partial charge in [-0.1, -0.05) is 47.5 Å². The van der Waals surface area contributed by atoms with E-state index in [1.165, 1.54) is 5.56 Å². The fourth-order valence-corrected chi connectivity index (χ4v) is 5.94. The molecular weight excluding hydrogens is 318 g/mol. The third-order valence-electron chi connectivity index (χ3n) is 4.84. The number of nitrogens with zero attached hydrogens (tertiary/aromatic N) is 1. The van der Waals surface area contributed by atoms with Crippen LogP contribution in [0.3, 0.4) is 0 Å². The van der Waals surface area contributed by atoms with Gasteiger partial charge in [-0.3, -0.25) is 0 Å². The molecule has 0 bridgehead atoms. The third-order valence-corrected chi connectivity index (χ3v) is 7.05. The molecular formula is C20H25NO2S. The average molecular weight is 343 g/mol. The number of rotatable bonds is 3. The molecule has 0 N–H and O–H groups in total. The molecule has 128 valence electrons. The van der Waals surface area contributed by atoms with Crippen molar-refractivity contribution in [1.82, 2.24) is 4.31 Å². The predicted octanol–water partition coefficient (Wildman–Crippen LogP) is 4.45. The van der Waals surface area contributed by atoms with Gasteiger partial charge < -0.3 is 0 Å². The molecule has 24 heavy (non-hydrogen) atoms. The van der Waals surface area contributed by atoms with Crippen LogP contribution in [0.4, 0.5) is 0 Å². The number of hydrogen-bond donors (Lipinski definition) is 0. The molecule has 1 aliphatic rings. The first-order valence-corrected chi connectivity index (χ1v) is 9.91. The van der Waals surface area contributed by atoms with Crippen LogP contribution in [0.1, 0.15) is 46.7 Å². The van der Waals surface area contributed by atoms with E-state index in [1.54, 1.807) is 4.31 Å². The van der Waals surface area contributed by atoms with Crippen LogP contribution in [-0.4, -0.2) is 19.3 Å². The van der Waals surface area contributed by atoms with Crippen LogP contribution in [-0.2, 0) is 10.0 Å². The number of sulfonamides is 1. The molecule has 2 aromatic rings. The summed E-state index contributed by atoms with van der Waals surface area (Å²) in [6.45, 7) is 8.43. The van der Waals surface area contributed by atoms with E-state index in [1.807, 2.05) is 39.8 Å². The third kappa shape index (κ3) is 3.01. The summed E-state index contributed by atoms with van der Waals surface area (Å²) in [5, 5.41) is 0. The molecule has 3 nitrogen and oxygen atoms in total. The molecule has 1 fully saturated rings. The van der Waals surface area contributed by atoms with Crippen LogP contribution < -0.4 is 0 Å². The highest BCUT2D eigenvalue weighted by atomic mass is 32.2. The monoisotopic (exact) mass is 343 g/mol. The normalized spacial score (nSPS) is 18.9. The van der Waals surface area contributed by atoms with Crippen molar-refractivity contribution >= 4 is 10.0 Å². The van der Waals surface area contributed by atoms with Crippen LogP contribution in [0, 0.1) is 27.7 Å². The minimum absolute atomic E-state index is 0.0595. The average Bonchev–Trinajstić information content (AvgIpc) is 2.96. The van der Waals surface area contributed by atoms with Gasteiger partial charge in [0.2, 0.25) is 10.0 Å². The van der Waals surface area contributed by atoms with E-state index >= 15 is 0 Å². The van der Waals surface area contributed by atoms with Crippen molar-refractivity contribution in [3.8, 4) is 0 Å². The first kappa shape index (κ1) is 17.2. The standard InChI is InChI=1S/C20H25NO2S/c1-14-7-9-18(10-8-14)19-6-5-11-21(19)24(22,23)20-16(3)12-15(2)13-17(20)4/h7-10,12-13,19H,5-6,11H2,1-4H3. The van der Waals surface area contributed by atoms with Crippen LogP contribution in [0.2, 0.25) is 0 Å². The van der Waals surface area contributed by atoms with Crippen molar-refractivity contribution in [2.45, 2.75) is 51.5 Å². The van der Waals surface area contributed by atoms with Gasteiger partial charge in [-0.15, -0.1) is 0 Å². The lowest BCUT2D eigenvalue weighted by Gasteiger charge is -2.26. The van der Waals surface area contributed by atoms with Crippen LogP contribution in [0.15, 0.2) is 41.3 Å². The van der Waals surface area contributed by atoms with Gasteiger partial charge in [0.25, 0.3) is 0 Å². The second-order valence-electron chi connectivity index (χ2n) is 6.91. The lowest BCUT2D eigenvalue weighted by atomic mass is 10.0. The fraction of sp³-hybridized carbons (Fsp3) is 0.400. The molecule has 0 aliphatic carbocycles. The summed E-state index contributed by atoms with van der Waals surface area (Å²) in [7, 11) is -3.49. The summed E-state index contributed by atoms with van der Waals surface area (Å²) in [6, 6.07) is 12.1. The van der Waals surface area contributed by atoms with Crippen molar-refractivity contribution in [3.05, 3.63) is 64.2 Å². The van der Waals surface area contributed by atoms with Gasteiger partial charge in [-0.2, -0.15) is 4.31 Å². The number of benzene rings is 2. The Morgan fingerprint density at radius 3 is 2.08 bits per heavy atom. The highest BCUT2D eigenvalue weighted by Gasteiger charge is 2.37. The highest BCUT2D eigenvalue weighted by Crippen LogP contribution is 2.38. The quantitative estimate of drug-likeness (QED) is 0.826. The molecule has 0 amide bonds. The second kappa shape index (κ2) is 6.34. The molecule has 1 heterocycles. The predicted molar refractivity (Wildman–Crippen MR) is 97.7 cm³/mol. The maximum Gasteiger partial charge on any atom is 0.244 e. The van der Waals surface area contributed by atoms with Crippen molar-refractivity contribution in [2.24, 2.45) is 0 Å². The van der Waals surface area contributed by atoms with Gasteiger partial charge in [0, 0.05) is 6.54 Å². The molecule has 1 unspecified atom stereocenters. The zero-order valence-electron chi connectivity index (χ0n) is 14.8. The van der Waals surface area contributed by atoms with E-state index in [2.05, 4.69) is 24.3 Å². The van der Waals surface area contributed by atoms with Gasteiger partial charge in [0.15, 0.2) is 0 Å². The fourth-order valence-electron chi connectivity index (χ4n) is 3.84. The first-order valence-electron chi connectivity index (χ1n) is 8.47. The van der Waals surface area contributed by atoms with Crippen molar-refractivity contribution < 1.29 is 8.42 Å². The Balaban J connectivity index is 2.04. The smallest absolute Gasteiger partial charge is 0.207 e. The molecule has 4 heteroatoms. The van der Waals surface area contributed by atoms with Crippen molar-refractivity contribution in [2.75, 3.05) is 6.54 Å². The Morgan fingerprint density at radius 1 is 0.917 bits per heavy atom. The Labute approximate surface area is 145 Å². The topological polar surface area (TPSA) is 37.4 Å². The first-order chi connectivity index (χ1) is 11.3. The highest BCUT2D eigenvalue weighted by molar-refractivity contribution is 7.89. The van der Waals surface area contributed by atoms with Crippen molar-refractivity contribution in [3.63, 3.8) is 0 Å². The molecule has 0 radical (unpaired) electrons. The Bertz CT molecular complexity index is 831. The van der Waals surface area contributed by atoms with Gasteiger partial charge >= 0.3 is 0 Å². The Hall–Kier alpha value is -1.65. The van der Waals surface area contributed by atoms with Crippen LogP contribution in [0.25, 0.3) is 0 Å². The minimum Gasteiger partial charge on any atom is -0.207 e. The van der Waals surface area contributed by atoms with Crippen LogP contribution in [0.5, 0.6) is 0 Å². The van der Waals surface area contributed by atoms with Gasteiger partial charge in [0.05, 0.1) is 10.9 Å². The maximum atomic E-state index is 13.4. The second-order valence-corrected chi connectivity index (χ2v) is 8.74. The van der Waals surface area contributed by atoms with E-state index in [0.29, 0.717) is 11.4 Å². The molecule has 2 aromatic carbocycles. The van der Waals surface area contributed by atoms with Gasteiger partial charge in [-0.05, 0) is 57.2 Å². The molecule has 1 saturated heterocycles. The zero-order chi connectivity index (χ0) is 17.5. The maximum absolute atomic E-state index is 13.4.